The molecule has 15 heavy (non-hydrogen) atoms. The predicted molar refractivity (Wildman–Crippen MR) is 59.6 cm³/mol. The van der Waals surface area contributed by atoms with Crippen LogP contribution >= 0.6 is 0 Å². The summed E-state index contributed by atoms with van der Waals surface area (Å²) in [6.07, 6.45) is 3.17. The van der Waals surface area contributed by atoms with Crippen LogP contribution in [0, 0.1) is 0 Å². The zero-order valence-corrected chi connectivity index (χ0v) is 8.58. The van der Waals surface area contributed by atoms with Crippen LogP contribution < -0.4 is 5.32 Å². The number of nitrogens with one attached hydrogen (secondary N) is 2. The summed E-state index contributed by atoms with van der Waals surface area (Å²) >= 11 is 0. The van der Waals surface area contributed by atoms with Crippen molar-refractivity contribution in [3.63, 3.8) is 0 Å². The van der Waals surface area contributed by atoms with E-state index in [2.05, 4.69) is 15.5 Å². The summed E-state index contributed by atoms with van der Waals surface area (Å²) < 4.78 is 0. The lowest BCUT2D eigenvalue weighted by atomic mass is 10.2. The van der Waals surface area contributed by atoms with Crippen LogP contribution in [0.2, 0.25) is 0 Å². The van der Waals surface area contributed by atoms with E-state index < -0.39 is 0 Å². The van der Waals surface area contributed by atoms with Crippen LogP contribution in [0.1, 0.15) is 19.8 Å². The molecule has 0 spiro atoms. The zero-order valence-electron chi connectivity index (χ0n) is 8.58. The minimum Gasteiger partial charge on any atom is -0.326 e. The number of rotatable bonds is 3. The van der Waals surface area contributed by atoms with E-state index in [4.69, 9.17) is 0 Å². The Balaban J connectivity index is 2.17. The molecule has 2 aromatic rings. The van der Waals surface area contributed by atoms with Crippen LogP contribution in [-0.4, -0.2) is 16.1 Å². The first kappa shape index (κ1) is 9.71. The van der Waals surface area contributed by atoms with E-state index in [1.807, 2.05) is 25.1 Å². The number of benzene rings is 1. The van der Waals surface area contributed by atoms with Gasteiger partial charge >= 0.3 is 0 Å². The molecule has 0 aliphatic rings. The number of nitrogens with zero attached hydrogens (tertiary/aromatic N) is 1. The molecule has 0 radical (unpaired) electrons. The number of hydrogen-bond donors (Lipinski definition) is 2. The van der Waals surface area contributed by atoms with Crippen LogP contribution in [-0.2, 0) is 4.79 Å². The third kappa shape index (κ3) is 2.15. The van der Waals surface area contributed by atoms with Crippen LogP contribution in [0.4, 0.5) is 5.69 Å². The Bertz CT molecular complexity index is 475. The topological polar surface area (TPSA) is 57.8 Å². The van der Waals surface area contributed by atoms with Gasteiger partial charge in [0.2, 0.25) is 5.91 Å². The maximum absolute atomic E-state index is 11.3. The lowest BCUT2D eigenvalue weighted by Gasteiger charge is -2.03. The van der Waals surface area contributed by atoms with E-state index in [-0.39, 0.29) is 5.91 Å². The van der Waals surface area contributed by atoms with Gasteiger partial charge in [-0.05, 0) is 24.6 Å². The molecule has 0 atom stereocenters. The van der Waals surface area contributed by atoms with Crippen molar-refractivity contribution in [2.45, 2.75) is 19.8 Å². The highest BCUT2D eigenvalue weighted by molar-refractivity contribution is 5.93. The molecule has 0 bridgehead atoms. The lowest BCUT2D eigenvalue weighted by Crippen LogP contribution is -2.10. The number of H-pyrrole nitrogens is 1. The molecule has 0 unspecified atom stereocenters. The van der Waals surface area contributed by atoms with Crippen molar-refractivity contribution in [3.8, 4) is 0 Å². The van der Waals surface area contributed by atoms with Gasteiger partial charge in [0, 0.05) is 17.5 Å². The monoisotopic (exact) mass is 203 g/mol. The van der Waals surface area contributed by atoms with Gasteiger partial charge in [-0.15, -0.1) is 0 Å². The van der Waals surface area contributed by atoms with Gasteiger partial charge in [0.25, 0.3) is 0 Å². The van der Waals surface area contributed by atoms with Gasteiger partial charge in [-0.2, -0.15) is 5.10 Å². The molecular formula is C11H13N3O. The van der Waals surface area contributed by atoms with Crippen LogP contribution in [0.3, 0.4) is 0 Å². The Morgan fingerprint density at radius 1 is 1.53 bits per heavy atom. The number of carbonyl (C=O) groups excluding carboxylic acids is 1. The van der Waals surface area contributed by atoms with Gasteiger partial charge in [-0.25, -0.2) is 0 Å². The van der Waals surface area contributed by atoms with E-state index in [1.165, 1.54) is 0 Å². The van der Waals surface area contributed by atoms with Crippen LogP contribution in [0.25, 0.3) is 10.9 Å². The van der Waals surface area contributed by atoms with Gasteiger partial charge < -0.3 is 5.32 Å². The van der Waals surface area contributed by atoms with Gasteiger partial charge in [0.15, 0.2) is 0 Å². The van der Waals surface area contributed by atoms with Crippen molar-refractivity contribution in [1.29, 1.82) is 0 Å². The third-order valence-corrected chi connectivity index (χ3v) is 2.20. The summed E-state index contributed by atoms with van der Waals surface area (Å²) in [4.78, 5) is 11.3. The number of carbonyl (C=O) groups is 1. The molecule has 0 fully saturated rings. The lowest BCUT2D eigenvalue weighted by molar-refractivity contribution is -0.116. The maximum atomic E-state index is 11.3. The maximum Gasteiger partial charge on any atom is 0.224 e. The molecular weight excluding hydrogens is 190 g/mol. The molecule has 1 aromatic heterocycles. The van der Waals surface area contributed by atoms with E-state index in [1.54, 1.807) is 6.20 Å². The van der Waals surface area contributed by atoms with Gasteiger partial charge in [0.05, 0.1) is 11.7 Å². The summed E-state index contributed by atoms with van der Waals surface area (Å²) in [7, 11) is 0. The second-order valence-electron chi connectivity index (χ2n) is 3.47. The van der Waals surface area contributed by atoms with E-state index in [0.29, 0.717) is 6.42 Å². The molecule has 2 N–H and O–H groups in total. The summed E-state index contributed by atoms with van der Waals surface area (Å²) in [6, 6.07) is 5.70. The Hall–Kier alpha value is -1.84. The Labute approximate surface area is 87.7 Å². The fourth-order valence-corrected chi connectivity index (χ4v) is 1.47. The second-order valence-corrected chi connectivity index (χ2v) is 3.47. The highest BCUT2D eigenvalue weighted by atomic mass is 16.1. The van der Waals surface area contributed by atoms with Gasteiger partial charge in [-0.1, -0.05) is 6.92 Å². The van der Waals surface area contributed by atoms with E-state index in [9.17, 15) is 4.79 Å². The van der Waals surface area contributed by atoms with Crippen molar-refractivity contribution in [3.05, 3.63) is 24.4 Å². The van der Waals surface area contributed by atoms with Crippen molar-refractivity contribution in [1.82, 2.24) is 10.2 Å². The Kier molecular flexibility index (Phi) is 2.67. The quantitative estimate of drug-likeness (QED) is 0.804. The smallest absolute Gasteiger partial charge is 0.224 e. The number of aromatic nitrogens is 2. The minimum absolute atomic E-state index is 0.0522. The average molecular weight is 203 g/mol. The van der Waals surface area contributed by atoms with Crippen molar-refractivity contribution in [2.24, 2.45) is 0 Å². The molecule has 2 rings (SSSR count). The third-order valence-electron chi connectivity index (χ3n) is 2.20. The number of amides is 1. The number of aromatic amines is 1. The molecule has 0 saturated carbocycles. The predicted octanol–water partition coefficient (Wildman–Crippen LogP) is 2.30. The summed E-state index contributed by atoms with van der Waals surface area (Å²) in [5.41, 5.74) is 1.74. The number of hydrogen-bond acceptors (Lipinski definition) is 2. The van der Waals surface area contributed by atoms with E-state index >= 15 is 0 Å². The molecule has 4 nitrogen and oxygen atoms in total. The van der Waals surface area contributed by atoms with Crippen LogP contribution in [0.5, 0.6) is 0 Å². The van der Waals surface area contributed by atoms with E-state index in [0.717, 1.165) is 23.0 Å². The fourth-order valence-electron chi connectivity index (χ4n) is 1.47. The molecule has 78 valence electrons. The van der Waals surface area contributed by atoms with Crippen molar-refractivity contribution < 1.29 is 4.79 Å². The van der Waals surface area contributed by atoms with Crippen molar-refractivity contribution >= 4 is 22.5 Å². The second kappa shape index (κ2) is 4.13. The summed E-state index contributed by atoms with van der Waals surface area (Å²) in [6.45, 7) is 1.98. The van der Waals surface area contributed by atoms with Gasteiger partial charge in [0.1, 0.15) is 0 Å². The molecule has 0 saturated heterocycles. The largest absolute Gasteiger partial charge is 0.326 e. The molecule has 0 aliphatic heterocycles. The highest BCUT2D eigenvalue weighted by Gasteiger charge is 2.02. The number of anilines is 1. The fraction of sp³-hybridized carbons (Fsp3) is 0.273. The van der Waals surface area contributed by atoms with Gasteiger partial charge in [-0.3, -0.25) is 9.89 Å². The van der Waals surface area contributed by atoms with Crippen molar-refractivity contribution in [2.75, 3.05) is 5.32 Å². The normalized spacial score (nSPS) is 10.5. The highest BCUT2D eigenvalue weighted by Crippen LogP contribution is 2.16. The molecule has 1 heterocycles. The summed E-state index contributed by atoms with van der Waals surface area (Å²) in [5, 5.41) is 10.7. The molecule has 0 aliphatic carbocycles. The minimum atomic E-state index is 0.0522. The number of fused-ring (bicyclic) bond motifs is 1. The molecule has 1 aromatic carbocycles. The molecule has 4 heteroatoms. The Morgan fingerprint density at radius 3 is 3.20 bits per heavy atom. The average Bonchev–Trinajstić information content (AvgIpc) is 2.65. The first-order valence-corrected chi connectivity index (χ1v) is 5.02. The SMILES string of the molecule is CCCC(=O)Nc1ccc2cn[nH]c2c1. The Morgan fingerprint density at radius 2 is 2.40 bits per heavy atom. The molecule has 1 amide bonds. The first-order chi connectivity index (χ1) is 7.29. The summed E-state index contributed by atoms with van der Waals surface area (Å²) in [5.74, 6) is 0.0522. The van der Waals surface area contributed by atoms with Crippen LogP contribution in [0.15, 0.2) is 24.4 Å². The standard InChI is InChI=1S/C11H13N3O/c1-2-3-11(15)13-9-5-4-8-7-12-14-10(8)6-9/h4-7H,2-3H2,1H3,(H,12,14)(H,13,15). The zero-order chi connectivity index (χ0) is 10.7. The first-order valence-electron chi connectivity index (χ1n) is 5.02.